The van der Waals surface area contributed by atoms with Gasteiger partial charge in [-0.2, -0.15) is 4.98 Å². The van der Waals surface area contributed by atoms with Crippen molar-refractivity contribution in [1.82, 2.24) is 19.6 Å². The monoisotopic (exact) mass is 259 g/mol. The van der Waals surface area contributed by atoms with Crippen LogP contribution in [0, 0.1) is 0 Å². The van der Waals surface area contributed by atoms with Gasteiger partial charge >= 0.3 is 0 Å². The average Bonchev–Trinajstić information content (AvgIpc) is 2.79. The summed E-state index contributed by atoms with van der Waals surface area (Å²) in [5.41, 5.74) is 8.68. The molecule has 0 aromatic carbocycles. The van der Waals surface area contributed by atoms with E-state index in [1.54, 1.807) is 23.1 Å². The molecule has 3 rings (SSSR count). The smallest absolute Gasteiger partial charge is 0.243 e. The van der Waals surface area contributed by atoms with Crippen LogP contribution >= 0.6 is 11.6 Å². The molecule has 18 heavy (non-hydrogen) atoms. The number of nitrogens with zero attached hydrogens (tertiary/aromatic N) is 4. The van der Waals surface area contributed by atoms with Gasteiger partial charge in [0.1, 0.15) is 0 Å². The maximum absolute atomic E-state index is 6.23. The molecule has 3 aromatic heterocycles. The van der Waals surface area contributed by atoms with Crippen molar-refractivity contribution in [2.24, 2.45) is 5.73 Å². The number of fused-ring (bicyclic) bond motifs is 1. The minimum absolute atomic E-state index is 0.209. The molecule has 90 valence electrons. The molecule has 2 N–H and O–H groups in total. The number of pyridine rings is 2. The van der Waals surface area contributed by atoms with E-state index in [4.69, 9.17) is 17.3 Å². The van der Waals surface area contributed by atoms with Crippen molar-refractivity contribution in [2.75, 3.05) is 0 Å². The van der Waals surface area contributed by atoms with Gasteiger partial charge in [-0.3, -0.25) is 4.98 Å². The third-order valence-electron chi connectivity index (χ3n) is 2.75. The van der Waals surface area contributed by atoms with Crippen molar-refractivity contribution < 1.29 is 0 Å². The molecule has 0 aliphatic carbocycles. The molecule has 0 fully saturated rings. The van der Waals surface area contributed by atoms with Crippen LogP contribution in [0.2, 0.25) is 5.28 Å². The van der Waals surface area contributed by atoms with Crippen LogP contribution in [0.3, 0.4) is 0 Å². The van der Waals surface area contributed by atoms with Gasteiger partial charge in [-0.1, -0.05) is 12.1 Å². The van der Waals surface area contributed by atoms with Crippen molar-refractivity contribution in [1.29, 1.82) is 0 Å². The molecular formula is C12H10ClN5. The van der Waals surface area contributed by atoms with E-state index in [1.165, 1.54) is 0 Å². The Morgan fingerprint density at radius 3 is 2.94 bits per heavy atom. The summed E-state index contributed by atoms with van der Waals surface area (Å²) in [6, 6.07) is 7.26. The predicted molar refractivity (Wildman–Crippen MR) is 68.3 cm³/mol. The van der Waals surface area contributed by atoms with Crippen LogP contribution in [0.4, 0.5) is 0 Å². The van der Waals surface area contributed by atoms with E-state index in [9.17, 15) is 0 Å². The van der Waals surface area contributed by atoms with E-state index in [1.807, 2.05) is 24.3 Å². The molecule has 1 atom stereocenters. The van der Waals surface area contributed by atoms with Gasteiger partial charge in [0.05, 0.1) is 6.04 Å². The maximum atomic E-state index is 6.23. The van der Waals surface area contributed by atoms with Crippen LogP contribution in [0.5, 0.6) is 0 Å². The fourth-order valence-corrected chi connectivity index (χ4v) is 2.04. The van der Waals surface area contributed by atoms with E-state index in [2.05, 4.69) is 15.1 Å². The molecular weight excluding hydrogens is 250 g/mol. The van der Waals surface area contributed by atoms with Gasteiger partial charge in [0.15, 0.2) is 5.65 Å². The summed E-state index contributed by atoms with van der Waals surface area (Å²) in [7, 11) is 0. The zero-order chi connectivity index (χ0) is 12.5. The van der Waals surface area contributed by atoms with Crippen molar-refractivity contribution in [2.45, 2.75) is 6.04 Å². The molecule has 0 saturated carbocycles. The highest BCUT2D eigenvalue weighted by atomic mass is 35.5. The summed E-state index contributed by atoms with van der Waals surface area (Å²) in [4.78, 5) is 8.24. The number of nitrogens with two attached hydrogens (primary N) is 1. The Bertz CT molecular complexity index is 679. The molecule has 0 aliphatic rings. The van der Waals surface area contributed by atoms with Gasteiger partial charge in [0, 0.05) is 24.2 Å². The van der Waals surface area contributed by atoms with Crippen molar-refractivity contribution in [3.05, 3.63) is 59.3 Å². The van der Waals surface area contributed by atoms with Crippen LogP contribution in [0.15, 0.2) is 42.9 Å². The van der Waals surface area contributed by atoms with E-state index in [0.29, 0.717) is 5.65 Å². The molecule has 0 bridgehead atoms. The second-order valence-electron chi connectivity index (χ2n) is 3.88. The molecule has 3 aromatic rings. The first-order valence-corrected chi connectivity index (χ1v) is 5.80. The molecule has 0 spiro atoms. The Morgan fingerprint density at radius 2 is 2.17 bits per heavy atom. The maximum Gasteiger partial charge on any atom is 0.243 e. The Labute approximate surface area is 108 Å². The summed E-state index contributed by atoms with van der Waals surface area (Å²) >= 11 is 5.81. The summed E-state index contributed by atoms with van der Waals surface area (Å²) < 4.78 is 1.62. The third kappa shape index (κ3) is 1.83. The number of aromatic nitrogens is 4. The molecule has 3 heterocycles. The second-order valence-corrected chi connectivity index (χ2v) is 4.21. The van der Waals surface area contributed by atoms with Gasteiger partial charge < -0.3 is 5.73 Å². The van der Waals surface area contributed by atoms with Crippen LogP contribution in [0.1, 0.15) is 17.2 Å². The summed E-state index contributed by atoms with van der Waals surface area (Å²) in [5.74, 6) is 0. The first-order valence-electron chi connectivity index (χ1n) is 5.42. The molecule has 5 nitrogen and oxygen atoms in total. The van der Waals surface area contributed by atoms with Crippen LogP contribution in [-0.4, -0.2) is 19.6 Å². The number of halogens is 1. The van der Waals surface area contributed by atoms with Gasteiger partial charge in [-0.05, 0) is 29.3 Å². The molecule has 0 aliphatic heterocycles. The quantitative estimate of drug-likeness (QED) is 0.762. The zero-order valence-corrected chi connectivity index (χ0v) is 10.1. The van der Waals surface area contributed by atoms with Crippen LogP contribution in [-0.2, 0) is 0 Å². The Morgan fingerprint density at radius 1 is 1.28 bits per heavy atom. The third-order valence-corrected chi connectivity index (χ3v) is 2.91. The zero-order valence-electron chi connectivity index (χ0n) is 9.36. The largest absolute Gasteiger partial charge is 0.320 e. The first kappa shape index (κ1) is 11.1. The van der Waals surface area contributed by atoms with Crippen LogP contribution < -0.4 is 5.73 Å². The van der Waals surface area contributed by atoms with Crippen LogP contribution in [0.25, 0.3) is 5.65 Å². The summed E-state index contributed by atoms with van der Waals surface area (Å²) in [5, 5.41) is 4.26. The first-order chi connectivity index (χ1) is 8.75. The normalized spacial score (nSPS) is 12.8. The lowest BCUT2D eigenvalue weighted by atomic mass is 10.0. The molecule has 0 amide bonds. The fraction of sp³-hybridized carbons (Fsp3) is 0.0833. The van der Waals surface area contributed by atoms with Crippen molar-refractivity contribution >= 4 is 17.2 Å². The van der Waals surface area contributed by atoms with E-state index < -0.39 is 0 Å². The number of rotatable bonds is 2. The van der Waals surface area contributed by atoms with Crippen molar-refractivity contribution in [3.8, 4) is 0 Å². The minimum Gasteiger partial charge on any atom is -0.320 e. The lowest BCUT2D eigenvalue weighted by Crippen LogP contribution is -2.13. The van der Waals surface area contributed by atoms with Gasteiger partial charge in [0.2, 0.25) is 5.28 Å². The lowest BCUT2D eigenvalue weighted by Gasteiger charge is -2.12. The molecule has 6 heteroatoms. The summed E-state index contributed by atoms with van der Waals surface area (Å²) in [6.45, 7) is 0. The standard InChI is InChI=1S/C12H10ClN5/c13-12-16-11-9(4-2-6-18(11)17-12)10(14)8-3-1-5-15-7-8/h1-7,10H,14H2. The highest BCUT2D eigenvalue weighted by Crippen LogP contribution is 2.22. The SMILES string of the molecule is NC(c1cccnc1)c1cccn2nc(Cl)nc12. The van der Waals surface area contributed by atoms with E-state index in [0.717, 1.165) is 11.1 Å². The average molecular weight is 260 g/mol. The Kier molecular flexibility index (Phi) is 2.70. The van der Waals surface area contributed by atoms with Crippen molar-refractivity contribution in [3.63, 3.8) is 0 Å². The molecule has 0 saturated heterocycles. The fourth-order valence-electron chi connectivity index (χ4n) is 1.88. The lowest BCUT2D eigenvalue weighted by molar-refractivity contribution is 0.849. The highest BCUT2D eigenvalue weighted by Gasteiger charge is 2.14. The second kappa shape index (κ2) is 4.36. The van der Waals surface area contributed by atoms with Gasteiger partial charge in [0.25, 0.3) is 0 Å². The number of hydrogen-bond acceptors (Lipinski definition) is 4. The Hall–Kier alpha value is -1.98. The summed E-state index contributed by atoms with van der Waals surface area (Å²) in [6.07, 6.45) is 5.24. The van der Waals surface area contributed by atoms with Gasteiger partial charge in [-0.15, -0.1) is 5.10 Å². The molecule has 1 unspecified atom stereocenters. The Balaban J connectivity index is 2.14. The topological polar surface area (TPSA) is 69.1 Å². The van der Waals surface area contributed by atoms with E-state index in [-0.39, 0.29) is 11.3 Å². The highest BCUT2D eigenvalue weighted by molar-refractivity contribution is 6.28. The predicted octanol–water partition coefficient (Wildman–Crippen LogP) is 1.83. The molecule has 0 radical (unpaired) electrons. The van der Waals surface area contributed by atoms with Gasteiger partial charge in [-0.25, -0.2) is 4.52 Å². The van der Waals surface area contributed by atoms with E-state index >= 15 is 0 Å². The minimum atomic E-state index is -0.303. The number of hydrogen-bond donors (Lipinski definition) is 1.